The molecule has 4 aromatic rings. The Bertz CT molecular complexity index is 1150. The highest BCUT2D eigenvalue weighted by Gasteiger charge is 2.10. The number of nitrogens with one attached hydrogen (secondary N) is 1. The summed E-state index contributed by atoms with van der Waals surface area (Å²) >= 11 is 0. The predicted molar refractivity (Wildman–Crippen MR) is 104 cm³/mol. The molecular formula is C21H17N3O4. The van der Waals surface area contributed by atoms with Crippen LogP contribution in [-0.4, -0.2) is 21.0 Å². The number of benzene rings is 2. The molecule has 2 heterocycles. The monoisotopic (exact) mass is 375 g/mol. The van der Waals surface area contributed by atoms with Crippen LogP contribution in [0, 0.1) is 6.92 Å². The molecule has 4 rings (SSSR count). The number of rotatable bonds is 6. The Kier molecular flexibility index (Phi) is 4.63. The van der Waals surface area contributed by atoms with E-state index >= 15 is 0 Å². The highest BCUT2D eigenvalue weighted by atomic mass is 16.5. The summed E-state index contributed by atoms with van der Waals surface area (Å²) in [5, 5.41) is 12.2. The fraction of sp³-hybridized carbons (Fsp3) is 0.0952. The first-order valence-electron chi connectivity index (χ1n) is 8.65. The van der Waals surface area contributed by atoms with Crippen LogP contribution in [0.4, 0.5) is 6.01 Å². The number of carboxylic acids is 1. The predicted octanol–water partition coefficient (Wildman–Crippen LogP) is 4.63. The molecule has 7 nitrogen and oxygen atoms in total. The highest BCUT2D eigenvalue weighted by molar-refractivity contribution is 5.85. The first kappa shape index (κ1) is 17.5. The number of hydrogen-bond acceptors (Lipinski definition) is 6. The smallest absolute Gasteiger partial charge is 0.354 e. The van der Waals surface area contributed by atoms with Gasteiger partial charge in [0.15, 0.2) is 11.3 Å². The van der Waals surface area contributed by atoms with Crippen LogP contribution < -0.4 is 10.1 Å². The standard InChI is InChI=1S/C21H17N3O4/c1-13-4-2-3-5-14(13)12-23-21-24-17-7-6-15(11-19(17)28-21)27-16-8-9-22-18(10-16)20(25)26/h2-11H,12H2,1H3,(H,23,24)(H,25,26). The number of carboxylic acid groups (broad SMARTS) is 1. The fourth-order valence-corrected chi connectivity index (χ4v) is 2.75. The third-order valence-corrected chi connectivity index (χ3v) is 4.24. The molecular weight excluding hydrogens is 358 g/mol. The van der Waals surface area contributed by atoms with Crippen LogP contribution >= 0.6 is 0 Å². The SMILES string of the molecule is Cc1ccccc1CNc1nc2ccc(Oc3ccnc(C(=O)O)c3)cc2o1. The van der Waals surface area contributed by atoms with Crippen molar-refractivity contribution in [2.75, 3.05) is 5.32 Å². The minimum atomic E-state index is -1.11. The van der Waals surface area contributed by atoms with Crippen molar-refractivity contribution in [3.05, 3.63) is 77.6 Å². The van der Waals surface area contributed by atoms with Gasteiger partial charge in [0.1, 0.15) is 17.0 Å². The van der Waals surface area contributed by atoms with Crippen molar-refractivity contribution in [1.82, 2.24) is 9.97 Å². The van der Waals surface area contributed by atoms with Crippen LogP contribution in [0.15, 0.2) is 65.2 Å². The van der Waals surface area contributed by atoms with E-state index in [1.807, 2.05) is 12.1 Å². The largest absolute Gasteiger partial charge is 0.477 e. The summed E-state index contributed by atoms with van der Waals surface area (Å²) in [6.07, 6.45) is 1.39. The molecule has 2 aromatic carbocycles. The Morgan fingerprint density at radius 3 is 2.79 bits per heavy atom. The van der Waals surface area contributed by atoms with Crippen LogP contribution in [0.5, 0.6) is 11.5 Å². The van der Waals surface area contributed by atoms with Crippen molar-refractivity contribution >= 4 is 23.1 Å². The van der Waals surface area contributed by atoms with Crippen molar-refractivity contribution in [2.24, 2.45) is 0 Å². The van der Waals surface area contributed by atoms with E-state index in [9.17, 15) is 4.79 Å². The topological polar surface area (TPSA) is 97.5 Å². The van der Waals surface area contributed by atoms with E-state index in [2.05, 4.69) is 34.3 Å². The van der Waals surface area contributed by atoms with E-state index in [0.29, 0.717) is 35.2 Å². The van der Waals surface area contributed by atoms with Crippen LogP contribution in [-0.2, 0) is 6.54 Å². The lowest BCUT2D eigenvalue weighted by atomic mass is 10.1. The van der Waals surface area contributed by atoms with Crippen molar-refractivity contribution in [3.63, 3.8) is 0 Å². The summed E-state index contributed by atoms with van der Waals surface area (Å²) in [6.45, 7) is 2.67. The van der Waals surface area contributed by atoms with E-state index in [1.54, 1.807) is 24.3 Å². The molecule has 140 valence electrons. The summed E-state index contributed by atoms with van der Waals surface area (Å²) in [7, 11) is 0. The van der Waals surface area contributed by atoms with E-state index in [-0.39, 0.29) is 5.69 Å². The number of aromatic carboxylic acids is 1. The van der Waals surface area contributed by atoms with Gasteiger partial charge < -0.3 is 19.6 Å². The van der Waals surface area contributed by atoms with Gasteiger partial charge in [-0.3, -0.25) is 0 Å². The summed E-state index contributed by atoms with van der Waals surface area (Å²) < 4.78 is 11.5. The highest BCUT2D eigenvalue weighted by Crippen LogP contribution is 2.27. The average molecular weight is 375 g/mol. The maximum atomic E-state index is 11.0. The quantitative estimate of drug-likeness (QED) is 0.507. The third-order valence-electron chi connectivity index (χ3n) is 4.24. The van der Waals surface area contributed by atoms with Gasteiger partial charge in [-0.1, -0.05) is 24.3 Å². The van der Waals surface area contributed by atoms with Gasteiger partial charge >= 0.3 is 5.97 Å². The molecule has 2 N–H and O–H groups in total. The minimum Gasteiger partial charge on any atom is -0.477 e. The van der Waals surface area contributed by atoms with Gasteiger partial charge in [-0.05, 0) is 36.2 Å². The minimum absolute atomic E-state index is 0.0825. The number of aryl methyl sites for hydroxylation is 1. The van der Waals surface area contributed by atoms with Crippen LogP contribution in [0.25, 0.3) is 11.1 Å². The van der Waals surface area contributed by atoms with Crippen LogP contribution in [0.3, 0.4) is 0 Å². The lowest BCUT2D eigenvalue weighted by molar-refractivity contribution is 0.0690. The zero-order valence-corrected chi connectivity index (χ0v) is 15.0. The van der Waals surface area contributed by atoms with Crippen molar-refractivity contribution in [1.29, 1.82) is 0 Å². The van der Waals surface area contributed by atoms with Crippen LogP contribution in [0.1, 0.15) is 21.6 Å². The molecule has 0 bridgehead atoms. The Morgan fingerprint density at radius 1 is 1.14 bits per heavy atom. The summed E-state index contributed by atoms with van der Waals surface area (Å²) in [4.78, 5) is 19.2. The molecule has 0 saturated heterocycles. The number of aromatic nitrogens is 2. The lowest BCUT2D eigenvalue weighted by Gasteiger charge is -2.05. The van der Waals surface area contributed by atoms with Gasteiger partial charge in [0, 0.05) is 24.9 Å². The fourth-order valence-electron chi connectivity index (χ4n) is 2.75. The van der Waals surface area contributed by atoms with Crippen molar-refractivity contribution in [2.45, 2.75) is 13.5 Å². The molecule has 0 aliphatic heterocycles. The Labute approximate surface area is 160 Å². The van der Waals surface area contributed by atoms with E-state index in [4.69, 9.17) is 14.3 Å². The molecule has 0 aliphatic carbocycles. The Balaban J connectivity index is 1.51. The normalized spacial score (nSPS) is 10.8. The number of hydrogen-bond donors (Lipinski definition) is 2. The first-order chi connectivity index (χ1) is 13.6. The summed E-state index contributed by atoms with van der Waals surface area (Å²) in [5.74, 6) is -0.221. The first-order valence-corrected chi connectivity index (χ1v) is 8.65. The van der Waals surface area contributed by atoms with Gasteiger partial charge in [-0.15, -0.1) is 0 Å². The van der Waals surface area contributed by atoms with Crippen molar-refractivity contribution < 1.29 is 19.1 Å². The molecule has 28 heavy (non-hydrogen) atoms. The molecule has 0 radical (unpaired) electrons. The molecule has 0 aliphatic rings. The molecule has 0 spiro atoms. The van der Waals surface area contributed by atoms with Crippen molar-refractivity contribution in [3.8, 4) is 11.5 Å². The second-order valence-corrected chi connectivity index (χ2v) is 6.21. The lowest BCUT2D eigenvalue weighted by Crippen LogP contribution is -2.00. The number of carbonyl (C=O) groups is 1. The summed E-state index contributed by atoms with van der Waals surface area (Å²) in [6, 6.07) is 16.7. The van der Waals surface area contributed by atoms with Gasteiger partial charge in [-0.25, -0.2) is 9.78 Å². The number of pyridine rings is 1. The molecule has 0 atom stereocenters. The van der Waals surface area contributed by atoms with E-state index in [1.165, 1.54) is 23.4 Å². The number of oxazole rings is 1. The Morgan fingerprint density at radius 2 is 1.96 bits per heavy atom. The second-order valence-electron chi connectivity index (χ2n) is 6.21. The molecule has 0 unspecified atom stereocenters. The number of anilines is 1. The molecule has 7 heteroatoms. The zero-order chi connectivity index (χ0) is 19.5. The maximum absolute atomic E-state index is 11.0. The van der Waals surface area contributed by atoms with Gasteiger partial charge in [0.25, 0.3) is 6.01 Å². The van der Waals surface area contributed by atoms with Gasteiger partial charge in [0.05, 0.1) is 0 Å². The number of nitrogens with zero attached hydrogens (tertiary/aromatic N) is 2. The zero-order valence-electron chi connectivity index (χ0n) is 15.0. The summed E-state index contributed by atoms with van der Waals surface area (Å²) in [5.41, 5.74) is 3.54. The number of fused-ring (bicyclic) bond motifs is 1. The molecule has 2 aromatic heterocycles. The Hall–Kier alpha value is -3.87. The van der Waals surface area contributed by atoms with E-state index in [0.717, 1.165) is 0 Å². The van der Waals surface area contributed by atoms with Crippen LogP contribution in [0.2, 0.25) is 0 Å². The molecule has 0 saturated carbocycles. The molecule has 0 amide bonds. The number of ether oxygens (including phenoxy) is 1. The van der Waals surface area contributed by atoms with Gasteiger partial charge in [0.2, 0.25) is 0 Å². The maximum Gasteiger partial charge on any atom is 0.354 e. The molecule has 0 fully saturated rings. The van der Waals surface area contributed by atoms with E-state index < -0.39 is 5.97 Å². The van der Waals surface area contributed by atoms with Gasteiger partial charge in [-0.2, -0.15) is 4.98 Å². The second kappa shape index (κ2) is 7.40. The third kappa shape index (κ3) is 3.78. The average Bonchev–Trinajstić information content (AvgIpc) is 3.10.